The molecule has 0 spiro atoms. The molecule has 16 heteroatoms. The summed E-state index contributed by atoms with van der Waals surface area (Å²) >= 11 is 0. The summed E-state index contributed by atoms with van der Waals surface area (Å²) in [6.45, 7) is 0.487. The maximum Gasteiger partial charge on any atom is 0.292 e. The molecule has 0 unspecified atom stereocenters. The van der Waals surface area contributed by atoms with Gasteiger partial charge in [0.25, 0.3) is 5.92 Å². The molecule has 0 radical (unpaired) electrons. The molecule has 1 saturated heterocycles. The van der Waals surface area contributed by atoms with E-state index in [0.717, 1.165) is 12.8 Å². The molecule has 2 aliphatic carbocycles. The number of ether oxygens (including phenoxy) is 1. The largest absolute Gasteiger partial charge is 0.471 e. The number of ketones is 2. The van der Waals surface area contributed by atoms with Gasteiger partial charge in [0.15, 0.2) is 17.3 Å². The topological polar surface area (TPSA) is 179 Å². The summed E-state index contributed by atoms with van der Waals surface area (Å²) in [4.78, 5) is 65.6. The van der Waals surface area contributed by atoms with Gasteiger partial charge in [-0.25, -0.2) is 18.4 Å². The van der Waals surface area contributed by atoms with E-state index in [4.69, 9.17) is 9.26 Å². The number of Topliss-reactive ketones (excluding diaryl/α,β-unsaturated/α-hetero) is 2. The van der Waals surface area contributed by atoms with Crippen LogP contribution in [0.1, 0.15) is 93.7 Å². The number of rotatable bonds is 9. The van der Waals surface area contributed by atoms with Crippen molar-refractivity contribution in [1.82, 2.24) is 24.7 Å². The number of hydrogen-bond acceptors (Lipinski definition) is 11. The second-order valence-corrected chi connectivity index (χ2v) is 16.8. The van der Waals surface area contributed by atoms with Crippen LogP contribution >= 0.6 is 0 Å². The van der Waals surface area contributed by atoms with Gasteiger partial charge in [-0.05, 0) is 56.6 Å². The molecule has 3 fully saturated rings. The molecule has 3 aromatic rings. The predicted octanol–water partition coefficient (Wildman–Crippen LogP) is 5.06. The highest BCUT2D eigenvalue weighted by atomic mass is 32.2. The van der Waals surface area contributed by atoms with Gasteiger partial charge >= 0.3 is 0 Å². The second-order valence-electron chi connectivity index (χ2n) is 14.8. The molecule has 2 aromatic heterocycles. The average Bonchev–Trinajstić information content (AvgIpc) is 3.97. The van der Waals surface area contributed by atoms with E-state index in [2.05, 4.69) is 19.8 Å². The summed E-state index contributed by atoms with van der Waals surface area (Å²) in [6.07, 6.45) is 7.70. The van der Waals surface area contributed by atoms with Crippen molar-refractivity contribution in [3.63, 3.8) is 0 Å². The normalized spacial score (nSPS) is 27.6. The van der Waals surface area contributed by atoms with Gasteiger partial charge in [-0.1, -0.05) is 42.3 Å². The number of carbonyl (C=O) groups excluding carboxylic acids is 4. The van der Waals surface area contributed by atoms with Crippen LogP contribution in [-0.4, -0.2) is 75.8 Å². The minimum Gasteiger partial charge on any atom is -0.471 e. The van der Waals surface area contributed by atoms with Crippen LogP contribution in [0.25, 0.3) is 11.0 Å². The smallest absolute Gasteiger partial charge is 0.292 e. The van der Waals surface area contributed by atoms with E-state index in [-0.39, 0.29) is 43.4 Å². The third kappa shape index (κ3) is 7.87. The van der Waals surface area contributed by atoms with Crippen molar-refractivity contribution in [2.24, 2.45) is 17.3 Å². The van der Waals surface area contributed by atoms with E-state index in [1.165, 1.54) is 17.2 Å². The summed E-state index contributed by atoms with van der Waals surface area (Å²) in [7, 11) is -3.91. The monoisotopic (exact) mass is 753 g/mol. The number of hydrogen-bond donors (Lipinski definition) is 1. The van der Waals surface area contributed by atoms with Crippen molar-refractivity contribution in [3.8, 4) is 5.88 Å². The third-order valence-electron chi connectivity index (χ3n) is 10.7. The molecule has 0 bridgehead atoms. The van der Waals surface area contributed by atoms with Crippen LogP contribution in [0.3, 0.4) is 0 Å². The fraction of sp³-hybridized carbons (Fsp3) is 0.541. The van der Waals surface area contributed by atoms with Crippen molar-refractivity contribution < 1.29 is 45.6 Å². The first-order valence-corrected chi connectivity index (χ1v) is 19.6. The van der Waals surface area contributed by atoms with E-state index in [9.17, 15) is 36.4 Å². The highest BCUT2D eigenvalue weighted by molar-refractivity contribution is 7.90. The quantitative estimate of drug-likeness (QED) is 0.228. The molecule has 1 N–H and O–H groups in total. The summed E-state index contributed by atoms with van der Waals surface area (Å²) in [6, 6.07) is 6.72. The maximum atomic E-state index is 14.9. The number of benzene rings is 1. The van der Waals surface area contributed by atoms with Gasteiger partial charge in [0.2, 0.25) is 27.7 Å². The first kappa shape index (κ1) is 36.7. The number of allylic oxidation sites excluding steroid dienone is 2. The van der Waals surface area contributed by atoms with Crippen LogP contribution in [0.5, 0.6) is 5.88 Å². The van der Waals surface area contributed by atoms with E-state index in [1.54, 1.807) is 24.3 Å². The van der Waals surface area contributed by atoms with Crippen LogP contribution in [0.4, 0.5) is 8.78 Å². The Labute approximate surface area is 305 Å². The van der Waals surface area contributed by atoms with Crippen LogP contribution in [0.2, 0.25) is 0 Å². The van der Waals surface area contributed by atoms with Crippen LogP contribution in [-0.2, 0) is 30.3 Å². The summed E-state index contributed by atoms with van der Waals surface area (Å²) in [5, 5.41) is 3.07. The Morgan fingerprint density at radius 3 is 2.53 bits per heavy atom. The molecular weight excluding hydrogens is 712 g/mol. The van der Waals surface area contributed by atoms with Gasteiger partial charge in [-0.2, -0.15) is 8.78 Å². The number of halogens is 2. The Morgan fingerprint density at radius 2 is 1.83 bits per heavy atom. The van der Waals surface area contributed by atoms with Crippen molar-refractivity contribution in [3.05, 3.63) is 60.1 Å². The van der Waals surface area contributed by atoms with Gasteiger partial charge in [-0.3, -0.25) is 23.9 Å². The summed E-state index contributed by atoms with van der Waals surface area (Å²) in [5.41, 5.74) is -1.43. The average molecular weight is 754 g/mol. The number of alkyl halides is 2. The van der Waals surface area contributed by atoms with Gasteiger partial charge < -0.3 is 14.2 Å². The highest BCUT2D eigenvalue weighted by Gasteiger charge is 2.61. The van der Waals surface area contributed by atoms with Gasteiger partial charge in [0.1, 0.15) is 18.1 Å². The lowest BCUT2D eigenvalue weighted by molar-refractivity contribution is -0.142. The highest BCUT2D eigenvalue weighted by Crippen LogP contribution is 2.57. The molecule has 13 nitrogen and oxygen atoms in total. The third-order valence-corrected chi connectivity index (χ3v) is 12.5. The SMILES string of the molecule is CC(F)(F)c1nc2ccccc2nc1O[C@@H]1C[C@H]2C(=O)C[C@]3(C(=O)NS(=O)(=O)C4CC4)C[C@H]3/C=C\CCCCC[C@H](CC(=O)c3ccon3)C(=O)N2C1. The molecule has 2 aliphatic heterocycles. The van der Waals surface area contributed by atoms with E-state index in [1.807, 2.05) is 12.2 Å². The Bertz CT molecular complexity index is 2050. The Balaban J connectivity index is 1.21. The Hall–Kier alpha value is -4.60. The minimum absolute atomic E-state index is 0.0610. The first-order chi connectivity index (χ1) is 25.2. The van der Waals surface area contributed by atoms with Crippen LogP contribution in [0.15, 0.2) is 53.3 Å². The number of amides is 2. The Morgan fingerprint density at radius 1 is 1.08 bits per heavy atom. The molecular formula is C37H41F2N5O8S. The first-order valence-electron chi connectivity index (χ1n) is 18.1. The molecule has 4 heterocycles. The number of fused-ring (bicyclic) bond motifs is 3. The maximum absolute atomic E-state index is 14.9. The number of nitrogens with one attached hydrogen (secondary N) is 1. The number of para-hydroxylation sites is 2. The van der Waals surface area contributed by atoms with E-state index in [0.29, 0.717) is 44.5 Å². The fourth-order valence-electron chi connectivity index (χ4n) is 7.52. The molecule has 2 saturated carbocycles. The predicted molar refractivity (Wildman–Crippen MR) is 185 cm³/mol. The van der Waals surface area contributed by atoms with Crippen molar-refractivity contribution in [2.75, 3.05) is 6.54 Å². The van der Waals surface area contributed by atoms with Crippen molar-refractivity contribution in [1.29, 1.82) is 0 Å². The molecule has 5 atom stereocenters. The molecule has 53 heavy (non-hydrogen) atoms. The molecule has 282 valence electrons. The van der Waals surface area contributed by atoms with Crippen molar-refractivity contribution in [2.45, 2.75) is 101 Å². The van der Waals surface area contributed by atoms with E-state index < -0.39 is 85.5 Å². The lowest BCUT2D eigenvalue weighted by Crippen LogP contribution is -2.46. The van der Waals surface area contributed by atoms with Gasteiger partial charge in [0.05, 0.1) is 34.3 Å². The van der Waals surface area contributed by atoms with Gasteiger partial charge in [-0.15, -0.1) is 0 Å². The zero-order valence-electron chi connectivity index (χ0n) is 29.2. The minimum atomic E-state index is -3.91. The zero-order chi connectivity index (χ0) is 37.5. The molecule has 4 aliphatic rings. The fourth-order valence-corrected chi connectivity index (χ4v) is 8.90. The number of carbonyl (C=O) groups is 4. The summed E-state index contributed by atoms with van der Waals surface area (Å²) < 4.78 is 68.6. The molecule has 1 aromatic carbocycles. The van der Waals surface area contributed by atoms with Crippen LogP contribution in [0, 0.1) is 17.3 Å². The molecule has 2 amide bonds. The van der Waals surface area contributed by atoms with E-state index >= 15 is 0 Å². The number of sulfonamides is 1. The zero-order valence-corrected chi connectivity index (χ0v) is 30.0. The molecule has 7 rings (SSSR count). The summed E-state index contributed by atoms with van der Waals surface area (Å²) in [5.74, 6) is -7.27. The van der Waals surface area contributed by atoms with Crippen LogP contribution < -0.4 is 9.46 Å². The van der Waals surface area contributed by atoms with Crippen molar-refractivity contribution >= 4 is 44.4 Å². The number of aromatic nitrogens is 3. The Kier molecular flexibility index (Phi) is 9.93. The lowest BCUT2D eigenvalue weighted by Gasteiger charge is -2.29. The van der Waals surface area contributed by atoms with Gasteiger partial charge in [0, 0.05) is 38.2 Å². The number of nitrogens with zero attached hydrogens (tertiary/aromatic N) is 4. The lowest BCUT2D eigenvalue weighted by atomic mass is 9.90. The second kappa shape index (κ2) is 14.3. The standard InChI is InChI=1S/C37H41F2N5O8S/c1-36(38,39)32-33(41-27-12-8-7-11-26(27)40-32)52-24-18-29-31(46)20-37(35(48)43-53(49,50)25-13-14-25)19-23(37)10-6-4-2-3-5-9-22(34(47)44(29)21-24)17-30(45)28-15-16-51-42-28/h6-8,10-12,15-16,22-25,29H,2-5,9,13-14,17-21H2,1H3,(H,43,48)/b10-6-/t22-,23-,24-,29+,37-/m1/s1.